The molecule has 7 heteroatoms. The molecule has 0 aliphatic heterocycles. The molecule has 0 unspecified atom stereocenters. The van der Waals surface area contributed by atoms with Gasteiger partial charge in [0.25, 0.3) is 11.8 Å². The highest BCUT2D eigenvalue weighted by Gasteiger charge is 2.08. The van der Waals surface area contributed by atoms with Crippen LogP contribution >= 0.6 is 11.3 Å². The zero-order valence-electron chi connectivity index (χ0n) is 15.4. The number of carbonyl (C=O) groups is 2. The first-order valence-corrected chi connectivity index (χ1v) is 9.39. The summed E-state index contributed by atoms with van der Waals surface area (Å²) in [6.45, 7) is 1.79. The van der Waals surface area contributed by atoms with Gasteiger partial charge in [0.05, 0.1) is 17.7 Å². The normalized spacial score (nSPS) is 11.0. The Morgan fingerprint density at radius 3 is 2.43 bits per heavy atom. The van der Waals surface area contributed by atoms with E-state index >= 15 is 0 Å². The summed E-state index contributed by atoms with van der Waals surface area (Å²) in [4.78, 5) is 25.0. The predicted octanol–water partition coefficient (Wildman–Crippen LogP) is 4.16. The first kappa shape index (κ1) is 19.3. The second-order valence-corrected chi connectivity index (χ2v) is 6.83. The van der Waals surface area contributed by atoms with E-state index in [9.17, 15) is 9.59 Å². The van der Waals surface area contributed by atoms with Crippen LogP contribution in [0.4, 0.5) is 5.69 Å². The molecule has 142 valence electrons. The average molecular weight is 393 g/mol. The van der Waals surface area contributed by atoms with E-state index in [2.05, 4.69) is 15.8 Å². The van der Waals surface area contributed by atoms with Crippen LogP contribution in [0.3, 0.4) is 0 Å². The number of anilines is 1. The van der Waals surface area contributed by atoms with E-state index in [-0.39, 0.29) is 11.8 Å². The molecule has 1 aromatic heterocycles. The summed E-state index contributed by atoms with van der Waals surface area (Å²) in [5, 5.41) is 8.87. The van der Waals surface area contributed by atoms with E-state index in [4.69, 9.17) is 4.74 Å². The Kier molecular flexibility index (Phi) is 6.18. The SMILES string of the molecule is COc1ccc(C(=O)NN=C(C)c2cccc(NC(=O)c3cccs3)c2)cc1. The number of rotatable bonds is 6. The third-order valence-corrected chi connectivity index (χ3v) is 4.83. The highest BCUT2D eigenvalue weighted by atomic mass is 32.1. The lowest BCUT2D eigenvalue weighted by molar-refractivity contribution is 0.0954. The molecule has 0 fully saturated rings. The second kappa shape index (κ2) is 8.96. The number of thiophene rings is 1. The van der Waals surface area contributed by atoms with Crippen LogP contribution in [0.5, 0.6) is 5.75 Å². The molecule has 0 atom stereocenters. The molecule has 3 aromatic rings. The highest BCUT2D eigenvalue weighted by molar-refractivity contribution is 7.12. The number of amides is 2. The lowest BCUT2D eigenvalue weighted by Crippen LogP contribution is -2.19. The summed E-state index contributed by atoms with van der Waals surface area (Å²) >= 11 is 1.38. The fourth-order valence-electron chi connectivity index (χ4n) is 2.43. The van der Waals surface area contributed by atoms with Crippen LogP contribution in [-0.2, 0) is 0 Å². The number of nitrogens with zero attached hydrogens (tertiary/aromatic N) is 1. The molecule has 28 heavy (non-hydrogen) atoms. The third kappa shape index (κ3) is 4.83. The molecular weight excluding hydrogens is 374 g/mol. The van der Waals surface area contributed by atoms with Crippen molar-refractivity contribution in [2.24, 2.45) is 5.10 Å². The minimum Gasteiger partial charge on any atom is -0.497 e. The van der Waals surface area contributed by atoms with Crippen molar-refractivity contribution in [2.75, 3.05) is 12.4 Å². The van der Waals surface area contributed by atoms with Gasteiger partial charge in [0.2, 0.25) is 0 Å². The molecule has 0 aliphatic carbocycles. The fraction of sp³-hybridized carbons (Fsp3) is 0.0952. The maximum absolute atomic E-state index is 12.2. The molecule has 3 rings (SSSR count). The highest BCUT2D eigenvalue weighted by Crippen LogP contribution is 2.16. The Hall–Kier alpha value is -3.45. The van der Waals surface area contributed by atoms with E-state index in [1.807, 2.05) is 29.6 Å². The average Bonchev–Trinajstić information content (AvgIpc) is 3.27. The zero-order valence-corrected chi connectivity index (χ0v) is 16.2. The van der Waals surface area contributed by atoms with Gasteiger partial charge in [-0.05, 0) is 60.3 Å². The van der Waals surface area contributed by atoms with Gasteiger partial charge in [-0.3, -0.25) is 9.59 Å². The minimum atomic E-state index is -0.316. The first-order valence-electron chi connectivity index (χ1n) is 8.51. The molecule has 0 radical (unpaired) electrons. The van der Waals surface area contributed by atoms with E-state index in [1.165, 1.54) is 11.3 Å². The van der Waals surface area contributed by atoms with E-state index in [1.54, 1.807) is 50.4 Å². The van der Waals surface area contributed by atoms with Crippen molar-refractivity contribution in [1.29, 1.82) is 0 Å². The van der Waals surface area contributed by atoms with Crippen molar-refractivity contribution in [3.8, 4) is 5.75 Å². The summed E-state index contributed by atoms with van der Waals surface area (Å²) < 4.78 is 5.08. The number of carbonyl (C=O) groups excluding carboxylic acids is 2. The third-order valence-electron chi connectivity index (χ3n) is 3.96. The summed E-state index contributed by atoms with van der Waals surface area (Å²) in [7, 11) is 1.57. The molecule has 2 amide bonds. The molecule has 2 N–H and O–H groups in total. The van der Waals surface area contributed by atoms with E-state index in [0.717, 1.165) is 5.56 Å². The topological polar surface area (TPSA) is 79.8 Å². The van der Waals surface area contributed by atoms with Crippen molar-refractivity contribution in [2.45, 2.75) is 6.92 Å². The Labute approximate surface area is 166 Å². The number of hydrazone groups is 1. The van der Waals surface area contributed by atoms with Gasteiger partial charge in [0, 0.05) is 11.3 Å². The van der Waals surface area contributed by atoms with Crippen molar-refractivity contribution in [1.82, 2.24) is 5.43 Å². The molecular formula is C21H19N3O3S. The van der Waals surface area contributed by atoms with Crippen LogP contribution < -0.4 is 15.5 Å². The van der Waals surface area contributed by atoms with Crippen molar-refractivity contribution >= 4 is 34.6 Å². The molecule has 6 nitrogen and oxygen atoms in total. The first-order chi connectivity index (χ1) is 13.6. The number of methoxy groups -OCH3 is 1. The Morgan fingerprint density at radius 1 is 0.964 bits per heavy atom. The molecule has 1 heterocycles. The van der Waals surface area contributed by atoms with Gasteiger partial charge in [0.15, 0.2) is 0 Å². The molecule has 2 aromatic carbocycles. The second-order valence-electron chi connectivity index (χ2n) is 5.88. The van der Waals surface area contributed by atoms with Crippen LogP contribution in [0.15, 0.2) is 71.1 Å². The van der Waals surface area contributed by atoms with Crippen LogP contribution in [-0.4, -0.2) is 24.6 Å². The summed E-state index contributed by atoms with van der Waals surface area (Å²) in [6.07, 6.45) is 0. The van der Waals surface area contributed by atoms with Gasteiger partial charge in [-0.15, -0.1) is 11.3 Å². The van der Waals surface area contributed by atoms with Crippen molar-refractivity contribution in [3.63, 3.8) is 0 Å². The van der Waals surface area contributed by atoms with Crippen LogP contribution in [0.1, 0.15) is 32.5 Å². The smallest absolute Gasteiger partial charge is 0.271 e. The predicted molar refractivity (Wildman–Crippen MR) is 111 cm³/mol. The van der Waals surface area contributed by atoms with Gasteiger partial charge in [0.1, 0.15) is 5.75 Å². The van der Waals surface area contributed by atoms with Gasteiger partial charge < -0.3 is 10.1 Å². The lowest BCUT2D eigenvalue weighted by atomic mass is 10.1. The molecule has 0 saturated heterocycles. The maximum Gasteiger partial charge on any atom is 0.271 e. The fourth-order valence-corrected chi connectivity index (χ4v) is 3.05. The number of hydrogen-bond acceptors (Lipinski definition) is 5. The molecule has 0 bridgehead atoms. The monoisotopic (exact) mass is 393 g/mol. The molecule has 0 spiro atoms. The minimum absolute atomic E-state index is 0.158. The number of benzene rings is 2. The standard InChI is InChI=1S/C21H19N3O3S/c1-14(23-24-20(25)15-8-10-18(27-2)11-9-15)16-5-3-6-17(13-16)22-21(26)19-7-4-12-28-19/h3-13H,1-2H3,(H,22,26)(H,24,25). The van der Waals surface area contributed by atoms with Gasteiger partial charge in [-0.2, -0.15) is 5.10 Å². The Bertz CT molecular complexity index is 996. The quantitative estimate of drug-likeness (QED) is 0.487. The van der Waals surface area contributed by atoms with E-state index < -0.39 is 0 Å². The molecule has 0 aliphatic rings. The van der Waals surface area contributed by atoms with Crippen LogP contribution in [0.2, 0.25) is 0 Å². The van der Waals surface area contributed by atoms with Crippen molar-refractivity contribution in [3.05, 3.63) is 82.0 Å². The summed E-state index contributed by atoms with van der Waals surface area (Å²) in [5.41, 5.74) is 5.09. The van der Waals surface area contributed by atoms with Gasteiger partial charge in [-0.1, -0.05) is 18.2 Å². The number of ether oxygens (including phenoxy) is 1. The lowest BCUT2D eigenvalue weighted by Gasteiger charge is -2.07. The van der Waals surface area contributed by atoms with Gasteiger partial charge >= 0.3 is 0 Å². The number of hydrogen-bond donors (Lipinski definition) is 2. The molecule has 0 saturated carbocycles. The van der Waals surface area contributed by atoms with Gasteiger partial charge in [-0.25, -0.2) is 5.43 Å². The number of nitrogens with one attached hydrogen (secondary N) is 2. The Morgan fingerprint density at radius 2 is 1.75 bits per heavy atom. The Balaban J connectivity index is 1.66. The zero-order chi connectivity index (χ0) is 19.9. The maximum atomic E-state index is 12.2. The largest absolute Gasteiger partial charge is 0.497 e. The van der Waals surface area contributed by atoms with Crippen LogP contribution in [0, 0.1) is 0 Å². The van der Waals surface area contributed by atoms with Crippen LogP contribution in [0.25, 0.3) is 0 Å². The summed E-state index contributed by atoms with van der Waals surface area (Å²) in [5.74, 6) is 0.205. The van der Waals surface area contributed by atoms with E-state index in [0.29, 0.717) is 27.6 Å². The van der Waals surface area contributed by atoms with Crippen molar-refractivity contribution < 1.29 is 14.3 Å². The summed E-state index contributed by atoms with van der Waals surface area (Å²) in [6, 6.07) is 17.7.